The van der Waals surface area contributed by atoms with Gasteiger partial charge < -0.3 is 10.1 Å². The second-order valence-corrected chi connectivity index (χ2v) is 7.28. The van der Waals surface area contributed by atoms with Crippen LogP contribution in [0.2, 0.25) is 0 Å². The molecule has 1 atom stereocenters. The average Bonchev–Trinajstić information content (AvgIpc) is 3.36. The van der Waals surface area contributed by atoms with Gasteiger partial charge in [0.15, 0.2) is 0 Å². The van der Waals surface area contributed by atoms with E-state index in [9.17, 15) is 9.18 Å². The minimum Gasteiger partial charge on any atom is -0.428 e. The molecule has 1 N–H and O–H groups in total. The molecule has 1 aliphatic rings. The van der Waals surface area contributed by atoms with Gasteiger partial charge in [0.05, 0.1) is 11.1 Å². The Morgan fingerprint density at radius 1 is 1.38 bits per heavy atom. The minimum atomic E-state index is -0.510. The van der Waals surface area contributed by atoms with Gasteiger partial charge in [-0.25, -0.2) is 4.39 Å². The number of nitrogens with one attached hydrogen (secondary N) is 1. The van der Waals surface area contributed by atoms with Gasteiger partial charge in [0, 0.05) is 18.8 Å². The van der Waals surface area contributed by atoms with Crippen molar-refractivity contribution in [2.75, 3.05) is 25.0 Å². The van der Waals surface area contributed by atoms with Gasteiger partial charge in [-0.15, -0.1) is 10.2 Å². The van der Waals surface area contributed by atoms with Crippen LogP contribution >= 0.6 is 0 Å². The molecule has 0 saturated carbocycles. The smallest absolute Gasteiger partial charge is 0.298 e. The number of hydrogen-bond donors (Lipinski definition) is 1. The molecular formula is C21H24FN5O2. The zero-order valence-corrected chi connectivity index (χ0v) is 16.6. The number of anilines is 1. The minimum absolute atomic E-state index is 0.124. The van der Waals surface area contributed by atoms with Crippen LogP contribution in [0.1, 0.15) is 25.3 Å². The first-order chi connectivity index (χ1) is 14.1. The standard InChI is InChI=1S/C21H24FN5O2/c1-3-26-8-4-6-15(26)12-23-21-25-24-20(17-7-5-9-27(17)21)19-16(22)10-14(2)11-18(19)29-13-28/h5,7,9-11,13,15H,3-4,6,8,12H2,1-2H3,(H,23,25)/t15-/m0/s1. The molecule has 4 rings (SSSR count). The number of likely N-dealkylation sites (N-methyl/N-ethyl adjacent to an activating group) is 1. The van der Waals surface area contributed by atoms with E-state index >= 15 is 0 Å². The summed E-state index contributed by atoms with van der Waals surface area (Å²) in [7, 11) is 0. The van der Waals surface area contributed by atoms with E-state index in [0.717, 1.165) is 26.1 Å². The molecule has 1 aliphatic heterocycles. The number of likely N-dealkylation sites (tertiary alicyclic amines) is 1. The number of hydrogen-bond acceptors (Lipinski definition) is 6. The van der Waals surface area contributed by atoms with Crippen molar-refractivity contribution in [2.45, 2.75) is 32.7 Å². The summed E-state index contributed by atoms with van der Waals surface area (Å²) in [4.78, 5) is 13.4. The fourth-order valence-electron chi connectivity index (χ4n) is 4.09. The van der Waals surface area contributed by atoms with Crippen molar-refractivity contribution in [3.63, 3.8) is 0 Å². The second-order valence-electron chi connectivity index (χ2n) is 7.28. The number of carbonyl (C=O) groups is 1. The Kier molecular flexibility index (Phi) is 5.44. The number of ether oxygens (including phenoxy) is 1. The van der Waals surface area contributed by atoms with Crippen LogP contribution in [0, 0.1) is 12.7 Å². The van der Waals surface area contributed by atoms with E-state index in [-0.39, 0.29) is 17.8 Å². The SMILES string of the molecule is CCN1CCC[C@H]1CNc1nnc(-c2c(F)cc(C)cc2OC=O)c2cccn12. The Balaban J connectivity index is 1.70. The summed E-state index contributed by atoms with van der Waals surface area (Å²) in [6.07, 6.45) is 4.21. The van der Waals surface area contributed by atoms with Crippen LogP contribution in [0.15, 0.2) is 30.5 Å². The molecule has 0 unspecified atom stereocenters. The van der Waals surface area contributed by atoms with Crippen LogP contribution in [-0.2, 0) is 4.79 Å². The third-order valence-corrected chi connectivity index (χ3v) is 5.48. The summed E-state index contributed by atoms with van der Waals surface area (Å²) in [5, 5.41) is 12.0. The van der Waals surface area contributed by atoms with Crippen molar-refractivity contribution in [3.8, 4) is 17.0 Å². The van der Waals surface area contributed by atoms with Crippen molar-refractivity contribution < 1.29 is 13.9 Å². The van der Waals surface area contributed by atoms with Crippen LogP contribution in [0.3, 0.4) is 0 Å². The predicted octanol–water partition coefficient (Wildman–Crippen LogP) is 3.28. The second kappa shape index (κ2) is 8.16. The Hall–Kier alpha value is -3.00. The van der Waals surface area contributed by atoms with E-state index in [1.807, 2.05) is 22.7 Å². The van der Waals surface area contributed by atoms with Crippen molar-refractivity contribution in [1.29, 1.82) is 0 Å². The van der Waals surface area contributed by atoms with E-state index in [1.54, 1.807) is 13.0 Å². The first-order valence-electron chi connectivity index (χ1n) is 9.84. The molecule has 3 heterocycles. The summed E-state index contributed by atoms with van der Waals surface area (Å²) < 4.78 is 21.7. The first-order valence-corrected chi connectivity index (χ1v) is 9.84. The summed E-state index contributed by atoms with van der Waals surface area (Å²) in [5.41, 5.74) is 1.78. The van der Waals surface area contributed by atoms with Gasteiger partial charge in [0.1, 0.15) is 17.3 Å². The van der Waals surface area contributed by atoms with Crippen LogP contribution in [0.25, 0.3) is 16.8 Å². The first kappa shape index (κ1) is 19.3. The number of carbonyl (C=O) groups excluding carboxylic acids is 1. The summed E-state index contributed by atoms with van der Waals surface area (Å²) in [6.45, 7) is 7.12. The number of fused-ring (bicyclic) bond motifs is 1. The maximum Gasteiger partial charge on any atom is 0.298 e. The summed E-state index contributed by atoms with van der Waals surface area (Å²) in [6, 6.07) is 7.16. The molecular weight excluding hydrogens is 373 g/mol. The Bertz CT molecular complexity index is 1040. The van der Waals surface area contributed by atoms with E-state index in [0.29, 0.717) is 28.8 Å². The van der Waals surface area contributed by atoms with E-state index in [1.165, 1.54) is 12.5 Å². The third kappa shape index (κ3) is 3.67. The van der Waals surface area contributed by atoms with Gasteiger partial charge in [0.2, 0.25) is 5.95 Å². The highest BCUT2D eigenvalue weighted by Crippen LogP contribution is 2.35. The molecule has 0 bridgehead atoms. The van der Waals surface area contributed by atoms with Crippen molar-refractivity contribution >= 4 is 17.9 Å². The highest BCUT2D eigenvalue weighted by molar-refractivity contribution is 5.82. The lowest BCUT2D eigenvalue weighted by Gasteiger charge is -2.23. The normalized spacial score (nSPS) is 17.0. The van der Waals surface area contributed by atoms with Crippen LogP contribution in [0.5, 0.6) is 5.75 Å². The van der Waals surface area contributed by atoms with Gasteiger partial charge >= 0.3 is 0 Å². The third-order valence-electron chi connectivity index (χ3n) is 5.48. The van der Waals surface area contributed by atoms with Crippen LogP contribution in [0.4, 0.5) is 10.3 Å². The van der Waals surface area contributed by atoms with Gasteiger partial charge in [-0.05, 0) is 62.7 Å². The monoisotopic (exact) mass is 397 g/mol. The van der Waals surface area contributed by atoms with Crippen molar-refractivity contribution in [1.82, 2.24) is 19.5 Å². The zero-order chi connectivity index (χ0) is 20.4. The van der Waals surface area contributed by atoms with Gasteiger partial charge in [-0.3, -0.25) is 14.1 Å². The van der Waals surface area contributed by atoms with E-state index in [2.05, 4.69) is 27.3 Å². The van der Waals surface area contributed by atoms with E-state index < -0.39 is 5.82 Å². The lowest BCUT2D eigenvalue weighted by molar-refractivity contribution is -0.120. The number of aryl methyl sites for hydroxylation is 1. The largest absolute Gasteiger partial charge is 0.428 e. The highest BCUT2D eigenvalue weighted by atomic mass is 19.1. The molecule has 1 aromatic carbocycles. The summed E-state index contributed by atoms with van der Waals surface area (Å²) in [5.74, 6) is 0.215. The fourth-order valence-corrected chi connectivity index (χ4v) is 4.09. The van der Waals surface area contributed by atoms with Crippen LogP contribution < -0.4 is 10.1 Å². The Labute approximate surface area is 168 Å². The lowest BCUT2D eigenvalue weighted by Crippen LogP contribution is -2.35. The average molecular weight is 397 g/mol. The lowest BCUT2D eigenvalue weighted by atomic mass is 10.1. The number of halogens is 1. The fraction of sp³-hybridized carbons (Fsp3) is 0.381. The molecule has 0 radical (unpaired) electrons. The van der Waals surface area contributed by atoms with Gasteiger partial charge in [-0.2, -0.15) is 0 Å². The number of nitrogens with zero attached hydrogens (tertiary/aromatic N) is 4. The molecule has 0 aliphatic carbocycles. The maximum atomic E-state index is 14.8. The molecule has 1 saturated heterocycles. The summed E-state index contributed by atoms with van der Waals surface area (Å²) >= 11 is 0. The molecule has 0 spiro atoms. The molecule has 152 valence electrons. The number of aromatic nitrogens is 3. The maximum absolute atomic E-state index is 14.8. The van der Waals surface area contributed by atoms with Crippen LogP contribution in [-0.4, -0.2) is 51.6 Å². The van der Waals surface area contributed by atoms with Crippen molar-refractivity contribution in [2.24, 2.45) is 0 Å². The highest BCUT2D eigenvalue weighted by Gasteiger charge is 2.24. The topological polar surface area (TPSA) is 71.8 Å². The number of benzene rings is 1. The molecule has 0 amide bonds. The molecule has 2 aromatic heterocycles. The van der Waals surface area contributed by atoms with Crippen molar-refractivity contribution in [3.05, 3.63) is 41.8 Å². The number of rotatable bonds is 7. The molecule has 1 fully saturated rings. The quantitative estimate of drug-likeness (QED) is 0.617. The Morgan fingerprint density at radius 3 is 3.03 bits per heavy atom. The molecule has 8 heteroatoms. The molecule has 7 nitrogen and oxygen atoms in total. The van der Waals surface area contributed by atoms with Gasteiger partial charge in [0.25, 0.3) is 6.47 Å². The predicted molar refractivity (Wildman–Crippen MR) is 109 cm³/mol. The van der Waals surface area contributed by atoms with Gasteiger partial charge in [-0.1, -0.05) is 6.92 Å². The van der Waals surface area contributed by atoms with E-state index in [4.69, 9.17) is 4.74 Å². The Morgan fingerprint density at radius 2 is 2.24 bits per heavy atom. The molecule has 3 aromatic rings. The zero-order valence-electron chi connectivity index (χ0n) is 16.6. The molecule has 29 heavy (non-hydrogen) atoms.